The summed E-state index contributed by atoms with van der Waals surface area (Å²) in [6.07, 6.45) is 4.28. The van der Waals surface area contributed by atoms with Crippen LogP contribution in [0.5, 0.6) is 0 Å². The number of fused-ring (bicyclic) bond motifs is 1. The van der Waals surface area contributed by atoms with Gasteiger partial charge in [0.15, 0.2) is 0 Å². The lowest BCUT2D eigenvalue weighted by Crippen LogP contribution is -2.30. The van der Waals surface area contributed by atoms with Gasteiger partial charge in [-0.1, -0.05) is 0 Å². The standard InChI is InChI=1S/C12H17N5S/c1-8-10-11(14-7-15-12(10)18-16-8)17(2)6-5-13-9-3-4-9/h7,9,13H,3-6H2,1-2H3. The van der Waals surface area contributed by atoms with E-state index in [0.29, 0.717) is 0 Å². The van der Waals surface area contributed by atoms with Crippen LogP contribution >= 0.6 is 11.5 Å². The van der Waals surface area contributed by atoms with Gasteiger partial charge in [-0.05, 0) is 31.3 Å². The number of likely N-dealkylation sites (N-methyl/N-ethyl adjacent to an activating group) is 1. The highest BCUT2D eigenvalue weighted by molar-refractivity contribution is 7.13. The third-order valence-corrected chi connectivity index (χ3v) is 4.09. The molecule has 1 N–H and O–H groups in total. The quantitative estimate of drug-likeness (QED) is 0.887. The van der Waals surface area contributed by atoms with Crippen molar-refractivity contribution in [2.45, 2.75) is 25.8 Å². The molecular weight excluding hydrogens is 246 g/mol. The van der Waals surface area contributed by atoms with Gasteiger partial charge >= 0.3 is 0 Å². The fourth-order valence-corrected chi connectivity index (χ4v) is 2.76. The zero-order valence-electron chi connectivity index (χ0n) is 10.7. The summed E-state index contributed by atoms with van der Waals surface area (Å²) in [7, 11) is 2.08. The summed E-state index contributed by atoms with van der Waals surface area (Å²) in [5.41, 5.74) is 1.02. The Morgan fingerprint density at radius 3 is 3.06 bits per heavy atom. The summed E-state index contributed by atoms with van der Waals surface area (Å²) in [5.74, 6) is 0.990. The summed E-state index contributed by atoms with van der Waals surface area (Å²) >= 11 is 1.44. The van der Waals surface area contributed by atoms with Crippen molar-refractivity contribution in [3.63, 3.8) is 0 Å². The molecule has 0 radical (unpaired) electrons. The van der Waals surface area contributed by atoms with Gasteiger partial charge < -0.3 is 10.2 Å². The van der Waals surface area contributed by atoms with Crippen LogP contribution in [0.4, 0.5) is 5.82 Å². The Bertz CT molecular complexity index is 548. The van der Waals surface area contributed by atoms with Crippen molar-refractivity contribution < 1.29 is 0 Å². The molecule has 1 fully saturated rings. The molecule has 0 aromatic carbocycles. The monoisotopic (exact) mass is 263 g/mol. The van der Waals surface area contributed by atoms with E-state index in [4.69, 9.17) is 0 Å². The molecule has 5 nitrogen and oxygen atoms in total. The van der Waals surface area contributed by atoms with Crippen molar-refractivity contribution in [1.82, 2.24) is 19.7 Å². The van der Waals surface area contributed by atoms with Crippen LogP contribution in [0.1, 0.15) is 18.5 Å². The SMILES string of the molecule is Cc1nsc2ncnc(N(C)CCNC3CC3)c12. The zero-order chi connectivity index (χ0) is 12.5. The molecule has 0 bridgehead atoms. The van der Waals surface area contributed by atoms with Crippen molar-refractivity contribution in [3.8, 4) is 0 Å². The predicted octanol–water partition coefficient (Wildman–Crippen LogP) is 1.58. The number of hydrogen-bond donors (Lipinski definition) is 1. The van der Waals surface area contributed by atoms with Crippen LogP contribution in [-0.4, -0.2) is 40.5 Å². The summed E-state index contributed by atoms with van der Waals surface area (Å²) in [6.45, 7) is 3.98. The van der Waals surface area contributed by atoms with Crippen molar-refractivity contribution in [1.29, 1.82) is 0 Å². The highest BCUT2D eigenvalue weighted by Gasteiger charge is 2.20. The molecule has 0 aliphatic heterocycles. The number of aryl methyl sites for hydroxylation is 1. The van der Waals surface area contributed by atoms with Gasteiger partial charge in [0.05, 0.1) is 11.1 Å². The Labute approximate surface area is 110 Å². The van der Waals surface area contributed by atoms with E-state index < -0.39 is 0 Å². The maximum absolute atomic E-state index is 4.41. The second-order valence-electron chi connectivity index (χ2n) is 4.80. The first-order valence-corrected chi connectivity index (χ1v) is 7.04. The van der Waals surface area contributed by atoms with E-state index in [0.717, 1.165) is 40.9 Å². The molecule has 1 aliphatic rings. The fraction of sp³-hybridized carbons (Fsp3) is 0.583. The number of nitrogens with one attached hydrogen (secondary N) is 1. The van der Waals surface area contributed by atoms with Gasteiger partial charge in [0, 0.05) is 26.2 Å². The van der Waals surface area contributed by atoms with E-state index >= 15 is 0 Å². The molecule has 6 heteroatoms. The Hall–Kier alpha value is -1.27. The molecule has 2 aromatic rings. The minimum atomic E-state index is 0.758. The Kier molecular flexibility index (Phi) is 3.13. The van der Waals surface area contributed by atoms with E-state index in [1.165, 1.54) is 24.4 Å². The molecule has 0 saturated heterocycles. The zero-order valence-corrected chi connectivity index (χ0v) is 11.5. The highest BCUT2D eigenvalue weighted by atomic mass is 32.1. The number of rotatable bonds is 5. The normalized spacial score (nSPS) is 15.2. The summed E-state index contributed by atoms with van der Waals surface area (Å²) in [4.78, 5) is 11.8. The first kappa shape index (κ1) is 11.8. The Balaban J connectivity index is 1.76. The molecule has 0 amide bonds. The second-order valence-corrected chi connectivity index (χ2v) is 5.55. The molecule has 1 aliphatic carbocycles. The van der Waals surface area contributed by atoms with Crippen LogP contribution in [0.2, 0.25) is 0 Å². The molecular formula is C12H17N5S. The molecule has 1 saturated carbocycles. The van der Waals surface area contributed by atoms with Gasteiger partial charge in [-0.25, -0.2) is 9.97 Å². The maximum atomic E-state index is 4.41. The van der Waals surface area contributed by atoms with Crippen LogP contribution in [0.25, 0.3) is 10.2 Å². The summed E-state index contributed by atoms with van der Waals surface area (Å²) in [6, 6.07) is 0.758. The third-order valence-electron chi connectivity index (χ3n) is 3.24. The van der Waals surface area contributed by atoms with Gasteiger partial charge in [0.25, 0.3) is 0 Å². The lowest BCUT2D eigenvalue weighted by Gasteiger charge is -2.19. The first-order chi connectivity index (χ1) is 8.75. The van der Waals surface area contributed by atoms with Gasteiger partial charge in [0.2, 0.25) is 0 Å². The number of hydrogen-bond acceptors (Lipinski definition) is 6. The Morgan fingerprint density at radius 2 is 2.28 bits per heavy atom. The maximum Gasteiger partial charge on any atom is 0.149 e. The molecule has 2 heterocycles. The highest BCUT2D eigenvalue weighted by Crippen LogP contribution is 2.27. The van der Waals surface area contributed by atoms with Crippen LogP contribution in [-0.2, 0) is 0 Å². The topological polar surface area (TPSA) is 53.9 Å². The van der Waals surface area contributed by atoms with Gasteiger partial charge in [-0.3, -0.25) is 0 Å². The molecule has 18 heavy (non-hydrogen) atoms. The molecule has 0 spiro atoms. The lowest BCUT2D eigenvalue weighted by atomic mass is 10.3. The molecule has 0 atom stereocenters. The fourth-order valence-electron chi connectivity index (χ4n) is 2.02. The van der Waals surface area contributed by atoms with Crippen molar-refractivity contribution in [2.24, 2.45) is 0 Å². The van der Waals surface area contributed by atoms with Crippen LogP contribution in [0.15, 0.2) is 6.33 Å². The van der Waals surface area contributed by atoms with Crippen molar-refractivity contribution >= 4 is 27.6 Å². The van der Waals surface area contributed by atoms with Crippen LogP contribution in [0, 0.1) is 6.92 Å². The second kappa shape index (κ2) is 4.78. The molecule has 0 unspecified atom stereocenters. The number of nitrogens with zero attached hydrogens (tertiary/aromatic N) is 4. The van der Waals surface area contributed by atoms with Gasteiger partial charge in [-0.2, -0.15) is 4.37 Å². The molecule has 96 valence electrons. The largest absolute Gasteiger partial charge is 0.358 e. The average molecular weight is 263 g/mol. The van der Waals surface area contributed by atoms with E-state index in [9.17, 15) is 0 Å². The van der Waals surface area contributed by atoms with Crippen LogP contribution in [0.3, 0.4) is 0 Å². The smallest absolute Gasteiger partial charge is 0.149 e. The summed E-state index contributed by atoms with van der Waals surface area (Å²) in [5, 5.41) is 4.61. The minimum absolute atomic E-state index is 0.758. The van der Waals surface area contributed by atoms with Crippen LogP contribution < -0.4 is 10.2 Å². The van der Waals surface area contributed by atoms with E-state index in [-0.39, 0.29) is 0 Å². The minimum Gasteiger partial charge on any atom is -0.358 e. The van der Waals surface area contributed by atoms with Crippen molar-refractivity contribution in [2.75, 3.05) is 25.0 Å². The van der Waals surface area contributed by atoms with E-state index in [1.54, 1.807) is 6.33 Å². The average Bonchev–Trinajstić information content (AvgIpc) is 3.12. The predicted molar refractivity (Wildman–Crippen MR) is 74.2 cm³/mol. The summed E-state index contributed by atoms with van der Waals surface area (Å²) < 4.78 is 4.35. The lowest BCUT2D eigenvalue weighted by molar-refractivity contribution is 0.673. The number of anilines is 1. The third kappa shape index (κ3) is 2.30. The van der Waals surface area contributed by atoms with Crippen molar-refractivity contribution in [3.05, 3.63) is 12.0 Å². The molecule has 3 rings (SSSR count). The molecule has 2 aromatic heterocycles. The van der Waals surface area contributed by atoms with E-state index in [1.807, 2.05) is 6.92 Å². The first-order valence-electron chi connectivity index (χ1n) is 6.27. The Morgan fingerprint density at radius 1 is 1.44 bits per heavy atom. The van der Waals surface area contributed by atoms with E-state index in [2.05, 4.69) is 31.6 Å². The van der Waals surface area contributed by atoms with Gasteiger partial charge in [-0.15, -0.1) is 0 Å². The van der Waals surface area contributed by atoms with Gasteiger partial charge in [0.1, 0.15) is 17.0 Å². The number of aromatic nitrogens is 3.